The lowest BCUT2D eigenvalue weighted by atomic mass is 10.0. The lowest BCUT2D eigenvalue weighted by Gasteiger charge is -2.17. The van der Waals surface area contributed by atoms with Gasteiger partial charge in [0.1, 0.15) is 5.82 Å². The van der Waals surface area contributed by atoms with Crippen LogP contribution in [0.25, 0.3) is 5.95 Å². The molecule has 3 aromatic rings. The highest BCUT2D eigenvalue weighted by atomic mass is 32.2. The van der Waals surface area contributed by atoms with Crippen molar-refractivity contribution in [3.8, 4) is 17.4 Å². The number of methoxy groups -OCH3 is 2. The van der Waals surface area contributed by atoms with E-state index in [0.717, 1.165) is 28.2 Å². The Hall–Kier alpha value is -3.07. The molecule has 0 saturated heterocycles. The van der Waals surface area contributed by atoms with Gasteiger partial charge in [0.05, 0.1) is 30.9 Å². The number of aromatic nitrogens is 4. The number of ether oxygens (including phenoxy) is 2. The first-order valence-corrected chi connectivity index (χ1v) is 10.5. The fraction of sp³-hybridized carbons (Fsp3) is 0.333. The molecule has 30 heavy (non-hydrogen) atoms. The molecule has 3 heterocycles. The van der Waals surface area contributed by atoms with Crippen LogP contribution in [0.3, 0.4) is 0 Å². The quantitative estimate of drug-likeness (QED) is 0.685. The lowest BCUT2D eigenvalue weighted by molar-refractivity contribution is -0.113. The zero-order valence-corrected chi connectivity index (χ0v) is 18.3. The molecule has 1 aromatic carbocycles. The molecule has 0 spiro atoms. The summed E-state index contributed by atoms with van der Waals surface area (Å²) >= 11 is 1.55. The molecule has 0 fully saturated rings. The van der Waals surface area contributed by atoms with Crippen LogP contribution >= 0.6 is 11.8 Å². The van der Waals surface area contributed by atoms with Gasteiger partial charge in [-0.25, -0.2) is 9.97 Å². The number of nitrogens with one attached hydrogen (secondary N) is 1. The lowest BCUT2D eigenvalue weighted by Crippen LogP contribution is -2.17. The van der Waals surface area contributed by atoms with E-state index in [1.165, 1.54) is 0 Å². The van der Waals surface area contributed by atoms with E-state index in [1.54, 1.807) is 30.7 Å². The highest BCUT2D eigenvalue weighted by Crippen LogP contribution is 2.45. The number of hydrogen-bond donors (Lipinski definition) is 1. The Morgan fingerprint density at radius 3 is 2.43 bits per heavy atom. The monoisotopic (exact) mass is 425 g/mol. The van der Waals surface area contributed by atoms with Gasteiger partial charge in [0.15, 0.2) is 11.5 Å². The molecular formula is C21H23N5O3S. The fourth-order valence-electron chi connectivity index (χ4n) is 3.61. The van der Waals surface area contributed by atoms with E-state index in [-0.39, 0.29) is 11.2 Å². The van der Waals surface area contributed by atoms with E-state index in [1.807, 2.05) is 45.0 Å². The Kier molecular flexibility index (Phi) is 5.38. The van der Waals surface area contributed by atoms with Crippen LogP contribution in [0.1, 0.15) is 33.5 Å². The summed E-state index contributed by atoms with van der Waals surface area (Å²) < 4.78 is 12.5. The van der Waals surface area contributed by atoms with Gasteiger partial charge < -0.3 is 14.8 Å². The maximum Gasteiger partial charge on any atom is 0.252 e. The molecule has 2 aromatic heterocycles. The van der Waals surface area contributed by atoms with E-state index in [0.29, 0.717) is 29.0 Å². The number of rotatable bonds is 4. The molecular weight excluding hydrogens is 402 g/mol. The molecule has 0 saturated carbocycles. The Morgan fingerprint density at radius 2 is 1.77 bits per heavy atom. The minimum Gasteiger partial charge on any atom is -0.493 e. The number of amides is 1. The molecule has 1 atom stereocenters. The Bertz CT molecular complexity index is 1110. The molecule has 156 valence electrons. The van der Waals surface area contributed by atoms with Gasteiger partial charge >= 0.3 is 0 Å². The van der Waals surface area contributed by atoms with Crippen LogP contribution in [0.2, 0.25) is 0 Å². The molecule has 1 aliphatic heterocycles. The molecule has 0 unspecified atom stereocenters. The minimum absolute atomic E-state index is 0.0882. The molecule has 1 aliphatic rings. The third kappa shape index (κ3) is 3.60. The first-order valence-electron chi connectivity index (χ1n) is 9.46. The number of fused-ring (bicyclic) bond motifs is 1. The average Bonchev–Trinajstić information content (AvgIpc) is 2.92. The van der Waals surface area contributed by atoms with Crippen molar-refractivity contribution in [1.82, 2.24) is 19.7 Å². The first kappa shape index (κ1) is 20.2. The zero-order chi connectivity index (χ0) is 21.4. The van der Waals surface area contributed by atoms with Gasteiger partial charge in [-0.05, 0) is 44.5 Å². The van der Waals surface area contributed by atoms with Crippen molar-refractivity contribution in [2.45, 2.75) is 26.0 Å². The Morgan fingerprint density at radius 1 is 1.07 bits per heavy atom. The summed E-state index contributed by atoms with van der Waals surface area (Å²) in [6.45, 7) is 5.76. The average molecular weight is 426 g/mol. The predicted octanol–water partition coefficient (Wildman–Crippen LogP) is 3.38. The van der Waals surface area contributed by atoms with Crippen LogP contribution in [-0.2, 0) is 4.79 Å². The third-order valence-corrected chi connectivity index (χ3v) is 6.15. The van der Waals surface area contributed by atoms with Crippen LogP contribution in [-0.4, -0.2) is 45.6 Å². The summed E-state index contributed by atoms with van der Waals surface area (Å²) in [6, 6.07) is 7.71. The van der Waals surface area contributed by atoms with Gasteiger partial charge in [-0.15, -0.1) is 11.8 Å². The van der Waals surface area contributed by atoms with Gasteiger partial charge in [0.25, 0.3) is 5.95 Å². The number of hydrogen-bond acceptors (Lipinski definition) is 7. The highest BCUT2D eigenvalue weighted by molar-refractivity contribution is 8.00. The Labute approximate surface area is 179 Å². The summed E-state index contributed by atoms with van der Waals surface area (Å²) in [5, 5.41) is 7.57. The first-order chi connectivity index (χ1) is 14.4. The number of carbonyl (C=O) groups is 1. The number of nitrogens with zero attached hydrogens (tertiary/aromatic N) is 4. The summed E-state index contributed by atoms with van der Waals surface area (Å²) in [6.07, 6.45) is 0. The van der Waals surface area contributed by atoms with Gasteiger partial charge in [-0.3, -0.25) is 4.79 Å². The predicted molar refractivity (Wildman–Crippen MR) is 116 cm³/mol. The van der Waals surface area contributed by atoms with Crippen molar-refractivity contribution in [2.24, 2.45) is 0 Å². The normalized spacial score (nSPS) is 15.9. The van der Waals surface area contributed by atoms with Gasteiger partial charge in [0.2, 0.25) is 5.91 Å². The topological polar surface area (TPSA) is 91.2 Å². The number of anilines is 1. The van der Waals surface area contributed by atoms with Crippen LogP contribution < -0.4 is 14.8 Å². The van der Waals surface area contributed by atoms with E-state index < -0.39 is 0 Å². The summed E-state index contributed by atoms with van der Waals surface area (Å²) in [4.78, 5) is 21.6. The molecule has 8 nitrogen and oxygen atoms in total. The molecule has 0 bridgehead atoms. The van der Waals surface area contributed by atoms with Gasteiger partial charge in [0, 0.05) is 17.0 Å². The molecule has 1 amide bonds. The fourth-order valence-corrected chi connectivity index (χ4v) is 4.79. The minimum atomic E-state index is -0.113. The van der Waals surface area contributed by atoms with Crippen LogP contribution in [0.4, 0.5) is 5.82 Å². The van der Waals surface area contributed by atoms with Crippen LogP contribution in [0.15, 0.2) is 24.3 Å². The summed E-state index contributed by atoms with van der Waals surface area (Å²) in [5.74, 6) is 2.58. The van der Waals surface area contributed by atoms with E-state index in [4.69, 9.17) is 9.47 Å². The number of thioether (sulfide) groups is 1. The molecule has 0 aliphatic carbocycles. The smallest absolute Gasteiger partial charge is 0.252 e. The molecule has 0 radical (unpaired) electrons. The standard InChI is InChI=1S/C21H23N5O3S/c1-11-8-12(2)23-21(22-11)26-20-18(13(3)25-26)19(30-10-17(27)24-20)14-6-7-15(28-4)16(9-14)29-5/h6-9,19H,10H2,1-5H3,(H,24,27)/t19-/m0/s1. The van der Waals surface area contributed by atoms with Gasteiger partial charge in [-0.1, -0.05) is 6.07 Å². The second kappa shape index (κ2) is 7.98. The van der Waals surface area contributed by atoms with Crippen LogP contribution in [0.5, 0.6) is 11.5 Å². The van der Waals surface area contributed by atoms with Crippen molar-refractivity contribution in [1.29, 1.82) is 0 Å². The molecule has 4 rings (SSSR count). The molecule has 9 heteroatoms. The van der Waals surface area contributed by atoms with E-state index >= 15 is 0 Å². The summed E-state index contributed by atoms with van der Waals surface area (Å²) in [5.41, 5.74) is 4.41. The number of aryl methyl sites for hydroxylation is 3. The largest absolute Gasteiger partial charge is 0.493 e. The number of benzene rings is 1. The number of carbonyl (C=O) groups excluding carboxylic acids is 1. The third-order valence-electron chi connectivity index (χ3n) is 4.88. The molecule has 1 N–H and O–H groups in total. The summed E-state index contributed by atoms with van der Waals surface area (Å²) in [7, 11) is 3.22. The van der Waals surface area contributed by atoms with E-state index in [9.17, 15) is 4.79 Å². The van der Waals surface area contributed by atoms with Crippen molar-refractivity contribution in [2.75, 3.05) is 25.3 Å². The zero-order valence-electron chi connectivity index (χ0n) is 17.5. The van der Waals surface area contributed by atoms with Crippen molar-refractivity contribution in [3.05, 3.63) is 52.5 Å². The van der Waals surface area contributed by atoms with Crippen molar-refractivity contribution < 1.29 is 14.3 Å². The van der Waals surface area contributed by atoms with Gasteiger partial charge in [-0.2, -0.15) is 9.78 Å². The van der Waals surface area contributed by atoms with Crippen LogP contribution in [0, 0.1) is 20.8 Å². The maximum absolute atomic E-state index is 12.5. The Balaban J connectivity index is 1.88. The SMILES string of the molecule is COc1ccc([C@@H]2SCC(=O)Nc3c2c(C)nn3-c2nc(C)cc(C)n2)cc1OC. The highest BCUT2D eigenvalue weighted by Gasteiger charge is 2.31. The van der Waals surface area contributed by atoms with E-state index in [2.05, 4.69) is 20.4 Å². The van der Waals surface area contributed by atoms with Crippen molar-refractivity contribution >= 4 is 23.5 Å². The maximum atomic E-state index is 12.5. The van der Waals surface area contributed by atoms with Crippen molar-refractivity contribution in [3.63, 3.8) is 0 Å². The second-order valence-corrected chi connectivity index (χ2v) is 8.16. The second-order valence-electron chi connectivity index (χ2n) is 7.06.